The lowest BCUT2D eigenvalue weighted by molar-refractivity contribution is 0.165. The highest BCUT2D eigenvalue weighted by Gasteiger charge is 2.35. The summed E-state index contributed by atoms with van der Waals surface area (Å²) in [5, 5.41) is 3.84. The normalized spacial score (nSPS) is 45.6. The van der Waals surface area contributed by atoms with Crippen molar-refractivity contribution in [3.8, 4) is 0 Å². The number of piperidine rings is 1. The fourth-order valence-electron chi connectivity index (χ4n) is 3.92. The van der Waals surface area contributed by atoms with Gasteiger partial charge in [0.1, 0.15) is 0 Å². The molecular formula is C15H26N2. The zero-order valence-electron chi connectivity index (χ0n) is 11.2. The average Bonchev–Trinajstić information content (AvgIpc) is 2.92. The van der Waals surface area contributed by atoms with Crippen molar-refractivity contribution >= 4 is 0 Å². The molecule has 1 heterocycles. The van der Waals surface area contributed by atoms with Crippen molar-refractivity contribution in [1.82, 2.24) is 10.2 Å². The smallest absolute Gasteiger partial charge is 0.00941 e. The second-order valence-corrected chi connectivity index (χ2v) is 6.50. The van der Waals surface area contributed by atoms with Gasteiger partial charge in [0.2, 0.25) is 0 Å². The second kappa shape index (κ2) is 4.74. The lowest BCUT2D eigenvalue weighted by Crippen LogP contribution is -2.46. The summed E-state index contributed by atoms with van der Waals surface area (Å²) in [6.07, 6.45) is 10.5. The monoisotopic (exact) mass is 234 g/mol. The fraction of sp³-hybridized carbons (Fsp3) is 0.867. The molecule has 1 N–H and O–H groups in total. The van der Waals surface area contributed by atoms with Crippen molar-refractivity contribution in [2.45, 2.75) is 44.7 Å². The molecule has 0 spiro atoms. The van der Waals surface area contributed by atoms with Gasteiger partial charge in [-0.25, -0.2) is 0 Å². The summed E-state index contributed by atoms with van der Waals surface area (Å²) in [6.45, 7) is 4.87. The van der Waals surface area contributed by atoms with Crippen LogP contribution in [0.1, 0.15) is 32.6 Å². The van der Waals surface area contributed by atoms with Gasteiger partial charge in [-0.3, -0.25) is 0 Å². The molecule has 0 aromatic rings. The van der Waals surface area contributed by atoms with E-state index in [1.54, 1.807) is 0 Å². The maximum Gasteiger partial charge on any atom is 0.00941 e. The average molecular weight is 234 g/mol. The van der Waals surface area contributed by atoms with E-state index in [0.29, 0.717) is 0 Å². The van der Waals surface area contributed by atoms with E-state index in [-0.39, 0.29) is 0 Å². The molecule has 0 radical (unpaired) electrons. The van der Waals surface area contributed by atoms with E-state index in [1.807, 2.05) is 0 Å². The summed E-state index contributed by atoms with van der Waals surface area (Å²) in [4.78, 5) is 2.48. The third-order valence-electron chi connectivity index (χ3n) is 5.29. The van der Waals surface area contributed by atoms with Crippen LogP contribution in [-0.4, -0.2) is 37.1 Å². The van der Waals surface area contributed by atoms with E-state index in [9.17, 15) is 0 Å². The first-order valence-electron chi connectivity index (χ1n) is 7.34. The minimum atomic E-state index is 0.751. The molecular weight excluding hydrogens is 208 g/mol. The summed E-state index contributed by atoms with van der Waals surface area (Å²) in [6, 6.07) is 1.52. The van der Waals surface area contributed by atoms with Crippen LogP contribution in [-0.2, 0) is 0 Å². The van der Waals surface area contributed by atoms with Crippen molar-refractivity contribution in [3.05, 3.63) is 12.2 Å². The summed E-state index contributed by atoms with van der Waals surface area (Å²) >= 11 is 0. The van der Waals surface area contributed by atoms with Crippen LogP contribution in [0.3, 0.4) is 0 Å². The molecule has 3 rings (SSSR count). The van der Waals surface area contributed by atoms with Crippen molar-refractivity contribution in [3.63, 3.8) is 0 Å². The number of hydrogen-bond acceptors (Lipinski definition) is 2. The molecule has 96 valence electrons. The van der Waals surface area contributed by atoms with Gasteiger partial charge in [-0.05, 0) is 70.5 Å². The molecule has 1 aliphatic heterocycles. The molecule has 1 saturated carbocycles. The highest BCUT2D eigenvalue weighted by Crippen LogP contribution is 2.43. The Morgan fingerprint density at radius 3 is 2.76 bits per heavy atom. The van der Waals surface area contributed by atoms with Gasteiger partial charge in [0.05, 0.1) is 0 Å². The lowest BCUT2D eigenvalue weighted by Gasteiger charge is -2.36. The number of allylic oxidation sites excluding steroid dienone is 2. The molecule has 0 aromatic carbocycles. The predicted molar refractivity (Wildman–Crippen MR) is 72.0 cm³/mol. The quantitative estimate of drug-likeness (QED) is 0.754. The summed E-state index contributed by atoms with van der Waals surface area (Å²) in [5.74, 6) is 2.75. The number of fused-ring (bicyclic) bond motifs is 2. The Balaban J connectivity index is 1.44. The predicted octanol–water partition coefficient (Wildman–Crippen LogP) is 2.27. The first-order valence-corrected chi connectivity index (χ1v) is 7.34. The minimum absolute atomic E-state index is 0.751. The number of nitrogens with zero attached hydrogens (tertiary/aromatic N) is 1. The molecule has 0 amide bonds. The Morgan fingerprint density at radius 1 is 1.24 bits per heavy atom. The molecule has 5 unspecified atom stereocenters. The highest BCUT2D eigenvalue weighted by molar-refractivity contribution is 5.10. The topological polar surface area (TPSA) is 15.3 Å². The Kier molecular flexibility index (Phi) is 3.27. The molecule has 0 aromatic heterocycles. The second-order valence-electron chi connectivity index (χ2n) is 6.50. The van der Waals surface area contributed by atoms with E-state index >= 15 is 0 Å². The summed E-state index contributed by atoms with van der Waals surface area (Å²) in [7, 11) is 2.25. The van der Waals surface area contributed by atoms with Crippen LogP contribution < -0.4 is 5.32 Å². The van der Waals surface area contributed by atoms with Crippen LogP contribution in [0, 0.1) is 17.8 Å². The maximum atomic E-state index is 3.84. The van der Waals surface area contributed by atoms with Crippen LogP contribution >= 0.6 is 0 Å². The van der Waals surface area contributed by atoms with Gasteiger partial charge in [0.15, 0.2) is 0 Å². The third-order valence-corrected chi connectivity index (χ3v) is 5.29. The Hall–Kier alpha value is -0.340. The van der Waals surface area contributed by atoms with Gasteiger partial charge in [0.25, 0.3) is 0 Å². The van der Waals surface area contributed by atoms with Gasteiger partial charge in [-0.15, -0.1) is 0 Å². The number of nitrogens with one attached hydrogen (secondary N) is 1. The Bertz CT molecular complexity index is 299. The Morgan fingerprint density at radius 2 is 2.12 bits per heavy atom. The van der Waals surface area contributed by atoms with Gasteiger partial charge in [-0.1, -0.05) is 12.2 Å². The van der Waals surface area contributed by atoms with E-state index in [0.717, 1.165) is 29.8 Å². The van der Waals surface area contributed by atoms with E-state index in [2.05, 4.69) is 36.3 Å². The van der Waals surface area contributed by atoms with E-state index < -0.39 is 0 Å². The fourth-order valence-corrected chi connectivity index (χ4v) is 3.92. The van der Waals surface area contributed by atoms with Crippen LogP contribution in [0.25, 0.3) is 0 Å². The highest BCUT2D eigenvalue weighted by atomic mass is 15.1. The zero-order chi connectivity index (χ0) is 11.8. The molecule has 2 heteroatoms. The first-order chi connectivity index (χ1) is 8.22. The molecule has 2 aliphatic carbocycles. The molecule has 2 fully saturated rings. The number of likely N-dealkylation sites (tertiary alicyclic amines) is 1. The molecule has 3 aliphatic rings. The van der Waals surface area contributed by atoms with Crippen LogP contribution in [0.4, 0.5) is 0 Å². The van der Waals surface area contributed by atoms with Gasteiger partial charge >= 0.3 is 0 Å². The molecule has 2 bridgehead atoms. The van der Waals surface area contributed by atoms with Crippen LogP contribution in [0.15, 0.2) is 12.2 Å². The summed E-state index contributed by atoms with van der Waals surface area (Å²) < 4.78 is 0. The SMILES string of the molecule is CC1CC(NCC2CC3C=CC2C3)CCN1C. The zero-order valence-corrected chi connectivity index (χ0v) is 11.2. The molecule has 1 saturated heterocycles. The standard InChI is InChI=1S/C15H26N2/c1-11-7-15(5-6-17(11)2)16-10-14-9-12-3-4-13(14)8-12/h3-4,11-16H,5-10H2,1-2H3. The van der Waals surface area contributed by atoms with Crippen molar-refractivity contribution in [2.75, 3.05) is 20.1 Å². The largest absolute Gasteiger partial charge is 0.314 e. The molecule has 5 atom stereocenters. The van der Waals surface area contributed by atoms with Crippen molar-refractivity contribution in [1.29, 1.82) is 0 Å². The van der Waals surface area contributed by atoms with Gasteiger partial charge in [0, 0.05) is 12.1 Å². The number of rotatable bonds is 3. The van der Waals surface area contributed by atoms with Crippen molar-refractivity contribution < 1.29 is 0 Å². The third kappa shape index (κ3) is 2.43. The van der Waals surface area contributed by atoms with E-state index in [4.69, 9.17) is 0 Å². The molecule has 2 nitrogen and oxygen atoms in total. The van der Waals surface area contributed by atoms with Gasteiger partial charge in [-0.2, -0.15) is 0 Å². The Labute approximate surface area is 105 Å². The molecule has 17 heavy (non-hydrogen) atoms. The maximum absolute atomic E-state index is 3.84. The van der Waals surface area contributed by atoms with Crippen LogP contribution in [0.5, 0.6) is 0 Å². The van der Waals surface area contributed by atoms with Crippen molar-refractivity contribution in [2.24, 2.45) is 17.8 Å². The minimum Gasteiger partial charge on any atom is -0.314 e. The lowest BCUT2D eigenvalue weighted by atomic mass is 9.92. The van der Waals surface area contributed by atoms with E-state index in [1.165, 1.54) is 38.8 Å². The summed E-state index contributed by atoms with van der Waals surface area (Å²) in [5.41, 5.74) is 0. The first kappa shape index (κ1) is 11.7. The number of hydrogen-bond donors (Lipinski definition) is 1. The van der Waals surface area contributed by atoms with Crippen LogP contribution in [0.2, 0.25) is 0 Å². The van der Waals surface area contributed by atoms with Gasteiger partial charge < -0.3 is 10.2 Å².